The average molecular weight is 611 g/mol. The molecule has 0 fully saturated rings. The van der Waals surface area contributed by atoms with Crippen molar-refractivity contribution in [2.75, 3.05) is 26.8 Å². The molecule has 0 saturated carbocycles. The molecule has 2 aromatic rings. The molecule has 2 rings (SSSR count). The second-order valence-corrected chi connectivity index (χ2v) is 23.5. The van der Waals surface area contributed by atoms with Gasteiger partial charge in [0.1, 0.15) is 5.75 Å². The third-order valence-corrected chi connectivity index (χ3v) is 9.98. The largest absolute Gasteiger partial charge is 0.468 e. The lowest BCUT2D eigenvalue weighted by Crippen LogP contribution is -2.22. The molecular weight excluding hydrogens is 570 g/mol. The van der Waals surface area contributed by atoms with Gasteiger partial charge in [0.05, 0.1) is 4.92 Å². The number of rotatable bonds is 15. The Hall–Kier alpha value is -1.99. The Morgan fingerprint density at radius 2 is 1.49 bits per heavy atom. The summed E-state index contributed by atoms with van der Waals surface area (Å²) in [4.78, 5) is 11.2. The topological polar surface area (TPSA) is 80.1 Å². The predicted octanol–water partition coefficient (Wildman–Crippen LogP) is 8.22. The van der Waals surface area contributed by atoms with Crippen LogP contribution in [0.2, 0.25) is 51.4 Å². The number of aryl methyl sites for hydroxylation is 1. The highest BCUT2D eigenvalue weighted by Gasteiger charge is 2.17. The van der Waals surface area contributed by atoms with Gasteiger partial charge in [-0.25, -0.2) is 0 Å². The Morgan fingerprint density at radius 1 is 0.892 bits per heavy atom. The van der Waals surface area contributed by atoms with Crippen LogP contribution in [0.25, 0.3) is 12.2 Å². The van der Waals surface area contributed by atoms with E-state index in [0.29, 0.717) is 24.5 Å². The summed E-state index contributed by atoms with van der Waals surface area (Å²) in [6.45, 7) is 17.2. The molecule has 2 aromatic carbocycles. The van der Waals surface area contributed by atoms with Crippen LogP contribution in [0.4, 0.5) is 5.69 Å². The molecule has 0 saturated heterocycles. The first-order chi connectivity index (χ1) is 17.2. The van der Waals surface area contributed by atoms with E-state index in [1.165, 1.54) is 6.07 Å². The summed E-state index contributed by atoms with van der Waals surface area (Å²) in [6, 6.07) is 10.9. The van der Waals surface area contributed by atoms with E-state index in [9.17, 15) is 10.1 Å². The molecule has 0 N–H and O–H groups in total. The minimum absolute atomic E-state index is 0.0125. The van der Waals surface area contributed by atoms with E-state index in [-0.39, 0.29) is 25.0 Å². The molecule has 10 heteroatoms. The van der Waals surface area contributed by atoms with Crippen molar-refractivity contribution in [3.63, 3.8) is 0 Å². The molecule has 0 aromatic heterocycles. The highest BCUT2D eigenvalue weighted by atomic mass is 79.9. The van der Waals surface area contributed by atoms with Gasteiger partial charge in [0, 0.05) is 39.9 Å². The number of hydrogen-bond acceptors (Lipinski definition) is 6. The third-order valence-electron chi connectivity index (χ3n) is 5.49. The SMILES string of the molecule is Cc1cc(OCOCC[Si](C)(C)C)cc(/C=C/c2ccc(OCOCC[Si](C)(C)C)c([N+](=O)[O-])c2)c1Br. The van der Waals surface area contributed by atoms with Crippen molar-refractivity contribution >= 4 is 49.9 Å². The van der Waals surface area contributed by atoms with Gasteiger partial charge in [-0.3, -0.25) is 10.1 Å². The predicted molar refractivity (Wildman–Crippen MR) is 160 cm³/mol. The maximum Gasteiger partial charge on any atom is 0.311 e. The number of ether oxygens (including phenoxy) is 4. The quantitative estimate of drug-likeness (QED) is 0.0505. The fraction of sp³-hybridized carbons (Fsp3) is 0.481. The summed E-state index contributed by atoms with van der Waals surface area (Å²) in [5.41, 5.74) is 2.50. The molecule has 0 bridgehead atoms. The summed E-state index contributed by atoms with van der Waals surface area (Å²) in [6.07, 6.45) is 3.73. The van der Waals surface area contributed by atoms with Crippen LogP contribution in [0.3, 0.4) is 0 Å². The van der Waals surface area contributed by atoms with Crippen LogP contribution >= 0.6 is 15.9 Å². The molecule has 0 atom stereocenters. The van der Waals surface area contributed by atoms with Crippen molar-refractivity contribution in [2.24, 2.45) is 0 Å². The molecule has 0 aliphatic carbocycles. The van der Waals surface area contributed by atoms with Crippen LogP contribution in [0, 0.1) is 17.0 Å². The molecule has 0 spiro atoms. The maximum absolute atomic E-state index is 11.6. The van der Waals surface area contributed by atoms with E-state index < -0.39 is 21.1 Å². The van der Waals surface area contributed by atoms with Crippen molar-refractivity contribution in [1.29, 1.82) is 0 Å². The van der Waals surface area contributed by atoms with Crippen molar-refractivity contribution in [1.82, 2.24) is 0 Å². The fourth-order valence-corrected chi connectivity index (χ4v) is 5.02. The normalized spacial score (nSPS) is 12.2. The van der Waals surface area contributed by atoms with Crippen LogP contribution < -0.4 is 9.47 Å². The second kappa shape index (κ2) is 14.2. The van der Waals surface area contributed by atoms with Gasteiger partial charge in [-0.05, 0) is 69.8 Å². The molecule has 0 unspecified atom stereocenters. The zero-order valence-electron chi connectivity index (χ0n) is 23.1. The molecule has 0 aliphatic heterocycles. The number of nitro benzene ring substituents is 1. The summed E-state index contributed by atoms with van der Waals surface area (Å²) in [7, 11) is -2.34. The molecule has 7 nitrogen and oxygen atoms in total. The molecule has 204 valence electrons. The van der Waals surface area contributed by atoms with Gasteiger partial charge in [-0.15, -0.1) is 0 Å². The van der Waals surface area contributed by atoms with E-state index >= 15 is 0 Å². The average Bonchev–Trinajstić information content (AvgIpc) is 2.78. The van der Waals surface area contributed by atoms with Gasteiger partial charge < -0.3 is 18.9 Å². The van der Waals surface area contributed by atoms with Crippen LogP contribution in [0.15, 0.2) is 34.8 Å². The first-order valence-electron chi connectivity index (χ1n) is 12.4. The van der Waals surface area contributed by atoms with Crippen LogP contribution in [-0.2, 0) is 9.47 Å². The molecule has 0 aliphatic rings. The summed E-state index contributed by atoms with van der Waals surface area (Å²) >= 11 is 3.63. The third kappa shape index (κ3) is 11.9. The molecular formula is C27H40BrNO6Si2. The Morgan fingerprint density at radius 3 is 2.05 bits per heavy atom. The van der Waals surface area contributed by atoms with E-state index in [1.54, 1.807) is 12.1 Å². The summed E-state index contributed by atoms with van der Waals surface area (Å²) in [5, 5.41) is 11.6. The van der Waals surface area contributed by atoms with Crippen LogP contribution in [-0.4, -0.2) is 47.9 Å². The van der Waals surface area contributed by atoms with Gasteiger partial charge in [0.15, 0.2) is 19.3 Å². The smallest absolute Gasteiger partial charge is 0.311 e. The standard InChI is InChI=1S/C27H40BrNO6Si2/c1-21-16-24(34-19-32-12-14-36(2,3)4)18-23(27(21)28)10-8-22-9-11-26(25(17-22)29(30)31)35-20-33-13-15-37(5,6)7/h8-11,16-18H,12-15,19-20H2,1-7H3/b10-8+. The van der Waals surface area contributed by atoms with Crippen LogP contribution in [0.1, 0.15) is 16.7 Å². The minimum atomic E-state index is -1.20. The van der Waals surface area contributed by atoms with E-state index in [0.717, 1.165) is 27.7 Å². The Balaban J connectivity index is 2.05. The lowest BCUT2D eigenvalue weighted by molar-refractivity contribution is -0.386. The first kappa shape index (κ1) is 31.2. The minimum Gasteiger partial charge on any atom is -0.468 e. The molecule has 0 heterocycles. The maximum atomic E-state index is 11.6. The number of benzene rings is 2. The summed E-state index contributed by atoms with van der Waals surface area (Å²) < 4.78 is 23.5. The molecule has 37 heavy (non-hydrogen) atoms. The van der Waals surface area contributed by atoms with E-state index in [1.807, 2.05) is 31.2 Å². The lowest BCUT2D eigenvalue weighted by Gasteiger charge is -2.16. The molecule has 0 amide bonds. The number of hydrogen-bond donors (Lipinski definition) is 0. The second-order valence-electron chi connectivity index (χ2n) is 11.4. The van der Waals surface area contributed by atoms with Crippen LogP contribution in [0.5, 0.6) is 11.5 Å². The van der Waals surface area contributed by atoms with Crippen molar-refractivity contribution in [3.05, 3.63) is 61.6 Å². The van der Waals surface area contributed by atoms with Crippen molar-refractivity contribution < 1.29 is 23.9 Å². The fourth-order valence-electron chi connectivity index (χ4n) is 3.15. The number of halogens is 1. The molecule has 0 radical (unpaired) electrons. The highest BCUT2D eigenvalue weighted by Crippen LogP contribution is 2.31. The monoisotopic (exact) mass is 609 g/mol. The number of nitro groups is 1. The van der Waals surface area contributed by atoms with Gasteiger partial charge in [-0.1, -0.05) is 57.5 Å². The van der Waals surface area contributed by atoms with E-state index in [2.05, 4.69) is 55.2 Å². The van der Waals surface area contributed by atoms with Gasteiger partial charge in [0.2, 0.25) is 0 Å². The number of nitrogens with zero attached hydrogens (tertiary/aromatic N) is 1. The highest BCUT2D eigenvalue weighted by molar-refractivity contribution is 9.10. The van der Waals surface area contributed by atoms with Gasteiger partial charge >= 0.3 is 5.69 Å². The Bertz CT molecular complexity index is 1080. The van der Waals surface area contributed by atoms with E-state index in [4.69, 9.17) is 18.9 Å². The van der Waals surface area contributed by atoms with Gasteiger partial charge in [-0.2, -0.15) is 0 Å². The van der Waals surface area contributed by atoms with Crippen molar-refractivity contribution in [2.45, 2.75) is 58.3 Å². The zero-order chi connectivity index (χ0) is 27.6. The van der Waals surface area contributed by atoms with Crippen molar-refractivity contribution in [3.8, 4) is 11.5 Å². The lowest BCUT2D eigenvalue weighted by atomic mass is 10.1. The Kier molecular flexibility index (Phi) is 12.0. The van der Waals surface area contributed by atoms with Gasteiger partial charge in [0.25, 0.3) is 0 Å². The first-order valence-corrected chi connectivity index (χ1v) is 20.6. The zero-order valence-corrected chi connectivity index (χ0v) is 26.6. The Labute approximate surface area is 231 Å². The summed E-state index contributed by atoms with van der Waals surface area (Å²) in [5.74, 6) is 0.897.